The molecule has 0 aromatic heterocycles. The van der Waals surface area contributed by atoms with Crippen molar-refractivity contribution in [3.63, 3.8) is 0 Å². The number of carbonyl (C=O) groups excluding carboxylic acids is 2. The number of rotatable bonds is 64. The molecule has 0 bridgehead atoms. The first-order valence-corrected chi connectivity index (χ1v) is 34.0. The lowest BCUT2D eigenvalue weighted by atomic mass is 10.0. The molecule has 0 rings (SSSR count). The van der Waals surface area contributed by atoms with Crippen molar-refractivity contribution in [2.24, 2.45) is 0 Å². The molecule has 0 fully saturated rings. The second-order valence-electron chi connectivity index (χ2n) is 23.5. The van der Waals surface area contributed by atoms with Crippen molar-refractivity contribution in [1.82, 2.24) is 5.32 Å². The van der Waals surface area contributed by atoms with Gasteiger partial charge in [0.25, 0.3) is 0 Å². The molecule has 0 aliphatic rings. The summed E-state index contributed by atoms with van der Waals surface area (Å²) >= 11 is 0. The second-order valence-corrected chi connectivity index (χ2v) is 23.5. The number of allylic oxidation sites excluding steroid dienone is 1. The van der Waals surface area contributed by atoms with Gasteiger partial charge in [-0.25, -0.2) is 0 Å². The smallest absolute Gasteiger partial charge is 0.305 e. The fourth-order valence-electron chi connectivity index (χ4n) is 10.9. The summed E-state index contributed by atoms with van der Waals surface area (Å²) in [5, 5.41) is 23.2. The van der Waals surface area contributed by atoms with E-state index in [1.807, 2.05) is 6.08 Å². The van der Waals surface area contributed by atoms with Gasteiger partial charge in [0.1, 0.15) is 0 Å². The maximum absolute atomic E-state index is 12.5. The van der Waals surface area contributed by atoms with Gasteiger partial charge in [0.15, 0.2) is 0 Å². The molecule has 74 heavy (non-hydrogen) atoms. The molecule has 3 N–H and O–H groups in total. The van der Waals surface area contributed by atoms with Gasteiger partial charge in [0, 0.05) is 12.8 Å². The van der Waals surface area contributed by atoms with E-state index in [0.717, 1.165) is 44.9 Å². The van der Waals surface area contributed by atoms with E-state index in [1.165, 1.54) is 315 Å². The first-order valence-electron chi connectivity index (χ1n) is 34.0. The van der Waals surface area contributed by atoms with Crippen molar-refractivity contribution in [2.75, 3.05) is 13.2 Å². The summed E-state index contributed by atoms with van der Waals surface area (Å²) in [6.45, 7) is 4.93. The molecule has 0 aromatic carbocycles. The maximum Gasteiger partial charge on any atom is 0.305 e. The Hall–Kier alpha value is -1.40. The van der Waals surface area contributed by atoms with Crippen LogP contribution in [0.4, 0.5) is 0 Å². The fraction of sp³-hybridized carbons (Fsp3) is 0.941. The maximum atomic E-state index is 12.5. The third-order valence-corrected chi connectivity index (χ3v) is 16.1. The van der Waals surface area contributed by atoms with Gasteiger partial charge in [-0.15, -0.1) is 0 Å². The largest absolute Gasteiger partial charge is 0.466 e. The number of aliphatic hydroxyl groups excluding tert-OH is 2. The molecule has 6 heteroatoms. The Kier molecular flexibility index (Phi) is 62.9. The summed E-state index contributed by atoms with van der Waals surface area (Å²) in [5.74, 6) is -0.0658. The summed E-state index contributed by atoms with van der Waals surface area (Å²) in [4.78, 5) is 24.6. The SMILES string of the molecule is CCCCCCCCCCCCCCCCCCCCCCC/C=C/C(O)C(CO)NC(=O)CCCCCCCCCCCCCCCCCOC(=O)CCCCCCCCCCCCCCCCCCCCC. The highest BCUT2D eigenvalue weighted by Crippen LogP contribution is 2.19. The number of hydrogen-bond donors (Lipinski definition) is 3. The minimum absolute atomic E-state index is 0.00570. The highest BCUT2D eigenvalue weighted by atomic mass is 16.5. The van der Waals surface area contributed by atoms with Gasteiger partial charge >= 0.3 is 5.97 Å². The molecular formula is C68H133NO5. The number of aliphatic hydroxyl groups is 2. The molecule has 0 saturated carbocycles. The van der Waals surface area contributed by atoms with Gasteiger partial charge in [-0.1, -0.05) is 353 Å². The van der Waals surface area contributed by atoms with Crippen LogP contribution in [0.1, 0.15) is 386 Å². The molecule has 0 aromatic rings. The third-order valence-electron chi connectivity index (χ3n) is 16.1. The number of esters is 1. The fourth-order valence-corrected chi connectivity index (χ4v) is 10.9. The molecule has 2 atom stereocenters. The van der Waals surface area contributed by atoms with E-state index in [-0.39, 0.29) is 18.5 Å². The van der Waals surface area contributed by atoms with Crippen LogP contribution in [0.3, 0.4) is 0 Å². The van der Waals surface area contributed by atoms with Gasteiger partial charge in [-0.3, -0.25) is 9.59 Å². The molecule has 0 aliphatic carbocycles. The van der Waals surface area contributed by atoms with Crippen molar-refractivity contribution < 1.29 is 24.5 Å². The Labute approximate surface area is 463 Å². The van der Waals surface area contributed by atoms with E-state index in [1.54, 1.807) is 6.08 Å². The van der Waals surface area contributed by atoms with E-state index < -0.39 is 12.1 Å². The Morgan fingerprint density at radius 1 is 0.365 bits per heavy atom. The highest BCUT2D eigenvalue weighted by Gasteiger charge is 2.18. The molecule has 2 unspecified atom stereocenters. The quantitative estimate of drug-likeness (QED) is 0.0320. The first-order chi connectivity index (χ1) is 36.5. The zero-order valence-corrected chi connectivity index (χ0v) is 50.4. The number of ether oxygens (including phenoxy) is 1. The zero-order valence-electron chi connectivity index (χ0n) is 50.4. The summed E-state index contributed by atoms with van der Waals surface area (Å²) in [6, 6.07) is -0.635. The lowest BCUT2D eigenvalue weighted by molar-refractivity contribution is -0.143. The number of nitrogens with one attached hydrogen (secondary N) is 1. The predicted octanol–water partition coefficient (Wildman–Crippen LogP) is 21.6. The monoisotopic (exact) mass is 1040 g/mol. The van der Waals surface area contributed by atoms with E-state index in [2.05, 4.69) is 19.2 Å². The van der Waals surface area contributed by atoms with E-state index in [9.17, 15) is 19.8 Å². The minimum atomic E-state index is -0.851. The van der Waals surface area contributed by atoms with Crippen molar-refractivity contribution in [1.29, 1.82) is 0 Å². The molecule has 0 heterocycles. The molecular weight excluding hydrogens is 911 g/mol. The van der Waals surface area contributed by atoms with Crippen LogP contribution < -0.4 is 5.32 Å². The molecule has 440 valence electrons. The van der Waals surface area contributed by atoms with Crippen LogP contribution in [0.5, 0.6) is 0 Å². The number of carbonyl (C=O) groups is 2. The molecule has 0 aliphatic heterocycles. The van der Waals surface area contributed by atoms with E-state index >= 15 is 0 Å². The minimum Gasteiger partial charge on any atom is -0.466 e. The lowest BCUT2D eigenvalue weighted by Crippen LogP contribution is -2.45. The highest BCUT2D eigenvalue weighted by molar-refractivity contribution is 5.76. The normalized spacial score (nSPS) is 12.5. The summed E-state index contributed by atoms with van der Waals surface area (Å²) in [5.41, 5.74) is 0. The van der Waals surface area contributed by atoms with Crippen LogP contribution >= 0.6 is 0 Å². The zero-order chi connectivity index (χ0) is 53.6. The van der Waals surface area contributed by atoms with Crippen LogP contribution in [0.25, 0.3) is 0 Å². The van der Waals surface area contributed by atoms with Crippen LogP contribution in [0.2, 0.25) is 0 Å². The summed E-state index contributed by atoms with van der Waals surface area (Å²) in [6.07, 6.45) is 78.4. The molecule has 0 radical (unpaired) electrons. The van der Waals surface area contributed by atoms with Crippen LogP contribution in [-0.4, -0.2) is 47.4 Å². The Bertz CT molecular complexity index is 1110. The number of amides is 1. The Morgan fingerprint density at radius 2 is 0.622 bits per heavy atom. The van der Waals surface area contributed by atoms with Gasteiger partial charge in [0.2, 0.25) is 5.91 Å². The van der Waals surface area contributed by atoms with E-state index in [0.29, 0.717) is 19.4 Å². The van der Waals surface area contributed by atoms with Gasteiger partial charge in [-0.05, 0) is 32.1 Å². The average molecular weight is 1040 g/mol. The molecule has 0 saturated heterocycles. The van der Waals surface area contributed by atoms with Crippen molar-refractivity contribution in [3.05, 3.63) is 12.2 Å². The summed E-state index contributed by atoms with van der Waals surface area (Å²) < 4.78 is 5.50. The van der Waals surface area contributed by atoms with Crippen molar-refractivity contribution in [2.45, 2.75) is 398 Å². The van der Waals surface area contributed by atoms with Crippen molar-refractivity contribution in [3.8, 4) is 0 Å². The van der Waals surface area contributed by atoms with Crippen LogP contribution in [0, 0.1) is 0 Å². The molecule has 6 nitrogen and oxygen atoms in total. The number of hydrogen-bond acceptors (Lipinski definition) is 5. The average Bonchev–Trinajstić information content (AvgIpc) is 3.40. The van der Waals surface area contributed by atoms with Crippen molar-refractivity contribution >= 4 is 11.9 Å². The lowest BCUT2D eigenvalue weighted by Gasteiger charge is -2.20. The van der Waals surface area contributed by atoms with Gasteiger partial charge in [0.05, 0.1) is 25.4 Å². The summed E-state index contributed by atoms with van der Waals surface area (Å²) in [7, 11) is 0. The standard InChI is InChI=1S/C68H133NO5/c1-3-5-7-9-11-13-15-17-19-21-23-24-25-26-28-29-32-36-40-44-48-52-56-60-66(71)65(64-70)69-67(72)61-57-53-49-45-41-37-33-31-35-39-43-47-51-55-59-63-74-68(73)62-58-54-50-46-42-38-34-30-27-22-20-18-16-14-12-10-8-6-4-2/h56,60,65-66,70-71H,3-55,57-59,61-64H2,1-2H3,(H,69,72)/b60-56+. The Morgan fingerprint density at radius 3 is 0.919 bits per heavy atom. The Balaban J connectivity index is 3.42. The predicted molar refractivity (Wildman–Crippen MR) is 324 cm³/mol. The van der Waals surface area contributed by atoms with Gasteiger partial charge < -0.3 is 20.3 Å². The van der Waals surface area contributed by atoms with Gasteiger partial charge in [-0.2, -0.15) is 0 Å². The topological polar surface area (TPSA) is 95.9 Å². The molecule has 1 amide bonds. The first kappa shape index (κ1) is 72.6. The number of unbranched alkanes of at least 4 members (excludes halogenated alkanes) is 53. The second kappa shape index (κ2) is 64.1. The van der Waals surface area contributed by atoms with Crippen LogP contribution in [-0.2, 0) is 14.3 Å². The third kappa shape index (κ3) is 59.8. The van der Waals surface area contributed by atoms with E-state index in [4.69, 9.17) is 4.74 Å². The molecule has 0 spiro atoms. The van der Waals surface area contributed by atoms with Crippen LogP contribution in [0.15, 0.2) is 12.2 Å².